The Balaban J connectivity index is 2.17. The minimum absolute atomic E-state index is 0.319. The van der Waals surface area contributed by atoms with Gasteiger partial charge in [0, 0.05) is 12.6 Å². The third-order valence-electron chi connectivity index (χ3n) is 3.87. The maximum Gasteiger partial charge on any atom is 0.0443 e. The van der Waals surface area contributed by atoms with Gasteiger partial charge in [-0.1, -0.05) is 57.8 Å². The van der Waals surface area contributed by atoms with E-state index in [9.17, 15) is 0 Å². The first kappa shape index (κ1) is 15.0. The highest BCUT2D eigenvalue weighted by atomic mass is 16.3. The molecule has 0 aliphatic heterocycles. The molecule has 1 aliphatic carbocycles. The zero-order chi connectivity index (χ0) is 12.2. The van der Waals surface area contributed by atoms with E-state index in [1.165, 1.54) is 70.6 Å². The number of nitrogens with one attached hydrogen (secondary N) is 1. The number of hydrogen-bond acceptors (Lipinski definition) is 2. The van der Waals surface area contributed by atoms with Crippen molar-refractivity contribution in [1.82, 2.24) is 5.32 Å². The molecule has 0 bridgehead atoms. The Bertz CT molecular complexity index is 149. The maximum absolute atomic E-state index is 8.81. The molecule has 0 aromatic carbocycles. The van der Waals surface area contributed by atoms with Gasteiger partial charge in [0.15, 0.2) is 0 Å². The van der Waals surface area contributed by atoms with Crippen molar-refractivity contribution in [1.29, 1.82) is 0 Å². The van der Waals surface area contributed by atoms with Gasteiger partial charge in [0.25, 0.3) is 0 Å². The predicted octanol–water partition coefficient (Wildman–Crippen LogP) is 3.63. The van der Waals surface area contributed by atoms with Gasteiger partial charge in [-0.05, 0) is 25.8 Å². The summed E-state index contributed by atoms with van der Waals surface area (Å²) >= 11 is 0. The van der Waals surface area contributed by atoms with Gasteiger partial charge in [-0.25, -0.2) is 0 Å². The molecule has 2 heteroatoms. The van der Waals surface area contributed by atoms with Crippen molar-refractivity contribution in [2.24, 2.45) is 0 Å². The molecule has 0 radical (unpaired) electrons. The summed E-state index contributed by atoms with van der Waals surface area (Å²) in [6.45, 7) is 1.31. The van der Waals surface area contributed by atoms with Crippen molar-refractivity contribution in [2.75, 3.05) is 13.2 Å². The Kier molecular flexibility index (Phi) is 9.72. The summed E-state index contributed by atoms with van der Waals surface area (Å²) in [5.41, 5.74) is 0. The molecular formula is C15H31NO. The monoisotopic (exact) mass is 241 g/mol. The number of hydrogen-bond donors (Lipinski definition) is 2. The van der Waals surface area contributed by atoms with E-state index >= 15 is 0 Å². The molecule has 0 atom stereocenters. The minimum Gasteiger partial charge on any atom is -0.396 e. The Hall–Kier alpha value is -0.0800. The van der Waals surface area contributed by atoms with Gasteiger partial charge < -0.3 is 10.4 Å². The van der Waals surface area contributed by atoms with E-state index in [4.69, 9.17) is 5.11 Å². The van der Waals surface area contributed by atoms with Crippen LogP contribution in [-0.2, 0) is 0 Å². The average Bonchev–Trinajstić information content (AvgIpc) is 2.32. The molecule has 2 N–H and O–H groups in total. The summed E-state index contributed by atoms with van der Waals surface area (Å²) in [5.74, 6) is 0. The van der Waals surface area contributed by atoms with Gasteiger partial charge in [-0.15, -0.1) is 0 Å². The molecule has 0 heterocycles. The largest absolute Gasteiger partial charge is 0.396 e. The maximum atomic E-state index is 8.81. The summed E-state index contributed by atoms with van der Waals surface area (Å²) < 4.78 is 0. The van der Waals surface area contributed by atoms with Crippen LogP contribution in [0, 0.1) is 0 Å². The fourth-order valence-electron chi connectivity index (χ4n) is 2.75. The van der Waals surface area contributed by atoms with Crippen molar-refractivity contribution < 1.29 is 5.11 Å². The van der Waals surface area contributed by atoms with Crippen LogP contribution in [-0.4, -0.2) is 24.3 Å². The summed E-state index contributed by atoms with van der Waals surface area (Å²) in [4.78, 5) is 0. The van der Waals surface area contributed by atoms with Crippen molar-refractivity contribution >= 4 is 0 Å². The van der Waals surface area contributed by atoms with E-state index < -0.39 is 0 Å². The van der Waals surface area contributed by atoms with Crippen molar-refractivity contribution in [3.05, 3.63) is 0 Å². The van der Waals surface area contributed by atoms with Crippen LogP contribution in [0.5, 0.6) is 0 Å². The first-order valence-corrected chi connectivity index (χ1v) is 7.77. The van der Waals surface area contributed by atoms with Crippen LogP contribution in [0.1, 0.15) is 77.0 Å². The van der Waals surface area contributed by atoms with Crippen LogP contribution in [0.25, 0.3) is 0 Å². The Morgan fingerprint density at radius 1 is 0.765 bits per heavy atom. The highest BCUT2D eigenvalue weighted by Crippen LogP contribution is 2.16. The average molecular weight is 241 g/mol. The second-order valence-electron chi connectivity index (χ2n) is 5.49. The van der Waals surface area contributed by atoms with Gasteiger partial charge in [-0.3, -0.25) is 0 Å². The zero-order valence-corrected chi connectivity index (χ0v) is 11.4. The zero-order valence-electron chi connectivity index (χ0n) is 11.4. The fraction of sp³-hybridized carbons (Fsp3) is 1.00. The van der Waals surface area contributed by atoms with Crippen molar-refractivity contribution in [3.63, 3.8) is 0 Å². The first-order chi connectivity index (χ1) is 8.43. The van der Waals surface area contributed by atoms with E-state index in [-0.39, 0.29) is 0 Å². The number of aliphatic hydroxyl groups is 1. The highest BCUT2D eigenvalue weighted by molar-refractivity contribution is 4.68. The van der Waals surface area contributed by atoms with Crippen LogP contribution in [0.15, 0.2) is 0 Å². The lowest BCUT2D eigenvalue weighted by Gasteiger charge is -2.19. The molecule has 0 unspecified atom stereocenters. The van der Waals surface area contributed by atoms with Crippen LogP contribution >= 0.6 is 0 Å². The van der Waals surface area contributed by atoms with Crippen LogP contribution < -0.4 is 5.32 Å². The quantitative estimate of drug-likeness (QED) is 0.737. The van der Waals surface area contributed by atoms with Crippen LogP contribution in [0.2, 0.25) is 0 Å². The Labute approximate surface area is 107 Å². The molecule has 1 aliphatic rings. The summed E-state index contributed by atoms with van der Waals surface area (Å²) in [7, 11) is 0. The third-order valence-corrected chi connectivity index (χ3v) is 3.87. The normalized spacial score (nSPS) is 21.7. The lowest BCUT2D eigenvalue weighted by Crippen LogP contribution is -2.30. The summed E-state index contributed by atoms with van der Waals surface area (Å²) in [6.07, 6.45) is 16.4. The van der Waals surface area contributed by atoms with E-state index in [2.05, 4.69) is 5.32 Å². The molecule has 0 spiro atoms. The van der Waals surface area contributed by atoms with Crippen molar-refractivity contribution in [3.8, 4) is 0 Å². The van der Waals surface area contributed by atoms with Gasteiger partial charge in [0.1, 0.15) is 0 Å². The van der Waals surface area contributed by atoms with Crippen molar-refractivity contribution in [2.45, 2.75) is 83.1 Å². The summed E-state index contributed by atoms with van der Waals surface area (Å²) in [5, 5.41) is 12.4. The van der Waals surface area contributed by atoms with E-state index in [1.807, 2.05) is 0 Å². The fourth-order valence-corrected chi connectivity index (χ4v) is 2.75. The van der Waals surface area contributed by atoms with E-state index in [1.54, 1.807) is 0 Å². The molecule has 1 fully saturated rings. The van der Waals surface area contributed by atoms with Crippen LogP contribution in [0.4, 0.5) is 0 Å². The smallest absolute Gasteiger partial charge is 0.0443 e. The molecule has 1 saturated carbocycles. The molecule has 0 aromatic heterocycles. The SMILES string of the molecule is OCCCNC1CCCCCCCCCCC1. The van der Waals surface area contributed by atoms with E-state index in [0.717, 1.165) is 13.0 Å². The predicted molar refractivity (Wildman–Crippen MR) is 74.3 cm³/mol. The van der Waals surface area contributed by atoms with Gasteiger partial charge >= 0.3 is 0 Å². The molecule has 2 nitrogen and oxygen atoms in total. The molecule has 102 valence electrons. The summed E-state index contributed by atoms with van der Waals surface area (Å²) in [6, 6.07) is 0.709. The lowest BCUT2D eigenvalue weighted by molar-refractivity contribution is 0.280. The van der Waals surface area contributed by atoms with Gasteiger partial charge in [-0.2, -0.15) is 0 Å². The van der Waals surface area contributed by atoms with E-state index in [0.29, 0.717) is 12.6 Å². The highest BCUT2D eigenvalue weighted by Gasteiger charge is 2.08. The Morgan fingerprint density at radius 3 is 1.71 bits per heavy atom. The minimum atomic E-state index is 0.319. The molecular weight excluding hydrogens is 210 g/mol. The lowest BCUT2D eigenvalue weighted by atomic mass is 9.98. The van der Waals surface area contributed by atoms with Gasteiger partial charge in [0.05, 0.1) is 0 Å². The number of rotatable bonds is 4. The first-order valence-electron chi connectivity index (χ1n) is 7.77. The molecule has 0 amide bonds. The molecule has 0 aromatic rings. The number of aliphatic hydroxyl groups excluding tert-OH is 1. The Morgan fingerprint density at radius 2 is 1.24 bits per heavy atom. The molecule has 17 heavy (non-hydrogen) atoms. The standard InChI is InChI=1S/C15H31NO/c17-14-10-13-16-15-11-8-6-4-2-1-3-5-7-9-12-15/h15-17H,1-14H2. The second-order valence-corrected chi connectivity index (χ2v) is 5.49. The van der Waals surface area contributed by atoms with Crippen LogP contribution in [0.3, 0.4) is 0 Å². The molecule has 0 saturated heterocycles. The second kappa shape index (κ2) is 11.0. The van der Waals surface area contributed by atoms with Gasteiger partial charge in [0.2, 0.25) is 0 Å². The third kappa shape index (κ3) is 8.62. The topological polar surface area (TPSA) is 32.3 Å². The molecule has 1 rings (SSSR count).